The Labute approximate surface area is 140 Å². The third-order valence-corrected chi connectivity index (χ3v) is 4.97. The third kappa shape index (κ3) is 5.13. The Balaban J connectivity index is 2.04. The normalized spacial score (nSPS) is 11.1. The molecular weight excluding hydrogens is 344 g/mol. The predicted molar refractivity (Wildman–Crippen MR) is 97.1 cm³/mol. The van der Waals surface area contributed by atoms with E-state index >= 15 is 0 Å². The van der Waals surface area contributed by atoms with Crippen LogP contribution in [0.2, 0.25) is 0 Å². The van der Waals surface area contributed by atoms with E-state index < -0.39 is 0 Å². The molecule has 0 saturated carbocycles. The second-order valence-electron chi connectivity index (χ2n) is 5.74. The van der Waals surface area contributed by atoms with Gasteiger partial charge in [-0.25, -0.2) is 0 Å². The Bertz CT molecular complexity index is 565. The maximum atomic E-state index is 3.53. The second-order valence-corrected chi connectivity index (χ2v) is 7.65. The Kier molecular flexibility index (Phi) is 6.27. The fourth-order valence-electron chi connectivity index (χ4n) is 2.28. The van der Waals surface area contributed by atoms with Gasteiger partial charge < -0.3 is 10.2 Å². The number of anilines is 1. The number of hydrogen-bond acceptors (Lipinski definition) is 3. The summed E-state index contributed by atoms with van der Waals surface area (Å²) in [5.74, 6) is 0.679. The average Bonchev–Trinajstić information content (AvgIpc) is 2.84. The van der Waals surface area contributed by atoms with Crippen LogP contribution in [0.15, 0.2) is 40.2 Å². The van der Waals surface area contributed by atoms with Gasteiger partial charge in [-0.05, 0) is 46.1 Å². The van der Waals surface area contributed by atoms with Gasteiger partial charge in [0.2, 0.25) is 0 Å². The molecule has 0 atom stereocenters. The molecule has 21 heavy (non-hydrogen) atoms. The minimum absolute atomic E-state index is 0.679. The van der Waals surface area contributed by atoms with Crippen molar-refractivity contribution in [3.05, 3.63) is 50.6 Å². The van der Waals surface area contributed by atoms with Crippen LogP contribution in [0.4, 0.5) is 5.69 Å². The topological polar surface area (TPSA) is 15.3 Å². The van der Waals surface area contributed by atoms with Crippen LogP contribution in [0.3, 0.4) is 0 Å². The summed E-state index contributed by atoms with van der Waals surface area (Å²) in [7, 11) is 2.16. The smallest absolute Gasteiger partial charge is 0.0520 e. The van der Waals surface area contributed by atoms with E-state index in [1.54, 1.807) is 11.3 Å². The van der Waals surface area contributed by atoms with Crippen LogP contribution in [0.5, 0.6) is 0 Å². The highest BCUT2D eigenvalue weighted by atomic mass is 79.9. The van der Waals surface area contributed by atoms with Crippen LogP contribution < -0.4 is 10.2 Å². The number of rotatable bonds is 7. The molecule has 114 valence electrons. The predicted octanol–water partition coefficient (Wildman–Crippen LogP) is 4.89. The molecule has 2 rings (SSSR count). The van der Waals surface area contributed by atoms with Crippen LogP contribution in [0.1, 0.15) is 24.3 Å². The largest absolute Gasteiger partial charge is 0.369 e. The monoisotopic (exact) mass is 366 g/mol. The SMILES string of the molecule is CC(C)CNCc1ccccc1N(C)Cc1cc(Br)cs1. The Hall–Kier alpha value is -0.840. The molecule has 0 radical (unpaired) electrons. The van der Waals surface area contributed by atoms with Crippen molar-refractivity contribution in [2.45, 2.75) is 26.9 Å². The van der Waals surface area contributed by atoms with Crippen LogP contribution in [-0.2, 0) is 13.1 Å². The van der Waals surface area contributed by atoms with E-state index in [0.29, 0.717) is 5.92 Å². The lowest BCUT2D eigenvalue weighted by molar-refractivity contribution is 0.552. The zero-order valence-electron chi connectivity index (χ0n) is 12.9. The molecule has 4 heteroatoms. The fraction of sp³-hybridized carbons (Fsp3) is 0.412. The maximum Gasteiger partial charge on any atom is 0.0520 e. The number of thiophene rings is 1. The summed E-state index contributed by atoms with van der Waals surface area (Å²) in [6.45, 7) is 7.39. The number of halogens is 1. The summed E-state index contributed by atoms with van der Waals surface area (Å²) < 4.78 is 1.17. The Morgan fingerprint density at radius 2 is 2.05 bits per heavy atom. The van der Waals surface area contributed by atoms with Crippen molar-refractivity contribution in [1.29, 1.82) is 0 Å². The summed E-state index contributed by atoms with van der Waals surface area (Å²) in [4.78, 5) is 3.69. The van der Waals surface area contributed by atoms with Gasteiger partial charge in [-0.1, -0.05) is 32.0 Å². The first-order chi connectivity index (χ1) is 10.1. The molecule has 0 fully saturated rings. The molecule has 2 nitrogen and oxygen atoms in total. The van der Waals surface area contributed by atoms with Crippen molar-refractivity contribution in [2.24, 2.45) is 5.92 Å². The quantitative estimate of drug-likeness (QED) is 0.749. The molecule has 1 heterocycles. The standard InChI is InChI=1S/C17H23BrN2S/c1-13(2)9-19-10-14-6-4-5-7-17(14)20(3)11-16-8-15(18)12-21-16/h4-8,12-13,19H,9-11H2,1-3H3. The van der Waals surface area contributed by atoms with E-state index in [1.165, 1.54) is 20.6 Å². The van der Waals surface area contributed by atoms with Crippen molar-refractivity contribution >= 4 is 33.0 Å². The summed E-state index contributed by atoms with van der Waals surface area (Å²) in [5.41, 5.74) is 2.66. The van der Waals surface area contributed by atoms with Crippen LogP contribution in [0.25, 0.3) is 0 Å². The van der Waals surface area contributed by atoms with Gasteiger partial charge in [0.05, 0.1) is 6.54 Å². The molecule has 0 saturated heterocycles. The van der Waals surface area contributed by atoms with Gasteiger partial charge in [-0.3, -0.25) is 0 Å². The zero-order chi connectivity index (χ0) is 15.2. The van der Waals surface area contributed by atoms with E-state index in [9.17, 15) is 0 Å². The van der Waals surface area contributed by atoms with Crippen molar-refractivity contribution in [3.63, 3.8) is 0 Å². The van der Waals surface area contributed by atoms with E-state index in [4.69, 9.17) is 0 Å². The lowest BCUT2D eigenvalue weighted by Gasteiger charge is -2.22. The minimum atomic E-state index is 0.679. The highest BCUT2D eigenvalue weighted by Crippen LogP contribution is 2.25. The molecule has 0 unspecified atom stereocenters. The maximum absolute atomic E-state index is 3.53. The van der Waals surface area contributed by atoms with E-state index in [2.05, 4.69) is 82.8 Å². The third-order valence-electron chi connectivity index (χ3n) is 3.29. The number of hydrogen-bond donors (Lipinski definition) is 1. The van der Waals surface area contributed by atoms with Gasteiger partial charge in [0.15, 0.2) is 0 Å². The van der Waals surface area contributed by atoms with Gasteiger partial charge >= 0.3 is 0 Å². The lowest BCUT2D eigenvalue weighted by Crippen LogP contribution is -2.22. The molecule has 1 aromatic heterocycles. The van der Waals surface area contributed by atoms with Crippen molar-refractivity contribution in [1.82, 2.24) is 5.32 Å². The number of nitrogens with one attached hydrogen (secondary N) is 1. The van der Waals surface area contributed by atoms with E-state index in [1.807, 2.05) is 0 Å². The van der Waals surface area contributed by atoms with Gasteiger partial charge in [0, 0.05) is 34.0 Å². The first kappa shape index (κ1) is 16.5. The molecule has 0 amide bonds. The lowest BCUT2D eigenvalue weighted by atomic mass is 10.1. The molecule has 0 bridgehead atoms. The molecular formula is C17H23BrN2S. The first-order valence-electron chi connectivity index (χ1n) is 7.29. The first-order valence-corrected chi connectivity index (χ1v) is 8.96. The fourth-order valence-corrected chi connectivity index (χ4v) is 3.79. The van der Waals surface area contributed by atoms with Crippen molar-refractivity contribution in [2.75, 3.05) is 18.5 Å². The number of nitrogens with zero attached hydrogens (tertiary/aromatic N) is 1. The highest BCUT2D eigenvalue weighted by Gasteiger charge is 2.09. The Morgan fingerprint density at radius 3 is 2.71 bits per heavy atom. The minimum Gasteiger partial charge on any atom is -0.369 e. The molecule has 0 aliphatic heterocycles. The van der Waals surface area contributed by atoms with Crippen LogP contribution >= 0.6 is 27.3 Å². The van der Waals surface area contributed by atoms with E-state index in [-0.39, 0.29) is 0 Å². The molecule has 2 aromatic rings. The molecule has 0 aliphatic rings. The Morgan fingerprint density at radius 1 is 1.29 bits per heavy atom. The van der Waals surface area contributed by atoms with Gasteiger partial charge in [0.25, 0.3) is 0 Å². The van der Waals surface area contributed by atoms with Crippen molar-refractivity contribution < 1.29 is 0 Å². The molecule has 0 spiro atoms. The second kappa shape index (κ2) is 7.97. The highest BCUT2D eigenvalue weighted by molar-refractivity contribution is 9.10. The summed E-state index contributed by atoms with van der Waals surface area (Å²) >= 11 is 5.32. The molecule has 0 aliphatic carbocycles. The van der Waals surface area contributed by atoms with Crippen molar-refractivity contribution in [3.8, 4) is 0 Å². The van der Waals surface area contributed by atoms with Gasteiger partial charge in [-0.15, -0.1) is 11.3 Å². The number of para-hydroxylation sites is 1. The van der Waals surface area contributed by atoms with Crippen LogP contribution in [0, 0.1) is 5.92 Å². The van der Waals surface area contributed by atoms with E-state index in [0.717, 1.165) is 19.6 Å². The molecule has 1 N–H and O–H groups in total. The molecule has 1 aromatic carbocycles. The zero-order valence-corrected chi connectivity index (χ0v) is 15.3. The van der Waals surface area contributed by atoms with Gasteiger partial charge in [0.1, 0.15) is 0 Å². The summed E-state index contributed by atoms with van der Waals surface area (Å²) in [5, 5.41) is 5.67. The van der Waals surface area contributed by atoms with Crippen LogP contribution in [-0.4, -0.2) is 13.6 Å². The summed E-state index contributed by atoms with van der Waals surface area (Å²) in [6, 6.07) is 10.8. The average molecular weight is 367 g/mol. The summed E-state index contributed by atoms with van der Waals surface area (Å²) in [6.07, 6.45) is 0. The number of benzene rings is 1. The van der Waals surface area contributed by atoms with Gasteiger partial charge in [-0.2, -0.15) is 0 Å².